The molecule has 0 unspecified atom stereocenters. The number of ether oxygens (including phenoxy) is 2. The minimum atomic E-state index is -0.316. The molecule has 0 fully saturated rings. The maximum atomic E-state index is 12.1. The number of nitrogens with one attached hydrogen (secondary N) is 2. The first-order valence-electron chi connectivity index (χ1n) is 8.03. The largest absolute Gasteiger partial charge is 0.493 e. The van der Waals surface area contributed by atoms with E-state index in [1.54, 1.807) is 32.4 Å². The molecule has 2 rings (SSSR count). The highest BCUT2D eigenvalue weighted by Crippen LogP contribution is 2.27. The van der Waals surface area contributed by atoms with Crippen molar-refractivity contribution < 1.29 is 14.3 Å². The summed E-state index contributed by atoms with van der Waals surface area (Å²) in [5, 5.41) is 5.97. The number of anilines is 1. The van der Waals surface area contributed by atoms with Gasteiger partial charge < -0.3 is 14.8 Å². The average Bonchev–Trinajstić information content (AvgIpc) is 2.62. The van der Waals surface area contributed by atoms with Gasteiger partial charge in [-0.3, -0.25) is 10.1 Å². The van der Waals surface area contributed by atoms with Crippen LogP contribution in [0.3, 0.4) is 0 Å². The molecule has 0 saturated heterocycles. The van der Waals surface area contributed by atoms with Crippen molar-refractivity contribution in [3.63, 3.8) is 0 Å². The van der Waals surface area contributed by atoms with Gasteiger partial charge in [0.05, 0.1) is 14.2 Å². The fraction of sp³-hybridized carbons (Fsp3) is 0.200. The molecule has 5 nitrogen and oxygen atoms in total. The standard InChI is InChI=1S/C20H22N2O3S/c1-13-6-5-7-14(2)19(13)22-20(26)21-18(23)11-9-15-8-10-16(24-3)17(12-15)25-4/h5-12H,1-4H3,(H2,21,22,23,26)/b11-9+. The number of hydrogen-bond acceptors (Lipinski definition) is 4. The van der Waals surface area contributed by atoms with Gasteiger partial charge in [-0.15, -0.1) is 0 Å². The molecule has 6 heteroatoms. The van der Waals surface area contributed by atoms with Crippen molar-refractivity contribution in [1.29, 1.82) is 0 Å². The van der Waals surface area contributed by atoms with Crippen molar-refractivity contribution in [1.82, 2.24) is 5.32 Å². The SMILES string of the molecule is COc1ccc(/C=C/C(=O)NC(=S)Nc2c(C)cccc2C)cc1OC. The Hall–Kier alpha value is -2.86. The van der Waals surface area contributed by atoms with Crippen molar-refractivity contribution in [3.05, 3.63) is 59.2 Å². The number of aryl methyl sites for hydroxylation is 2. The third kappa shape index (κ3) is 5.07. The lowest BCUT2D eigenvalue weighted by Gasteiger charge is -2.13. The third-order valence-corrected chi connectivity index (χ3v) is 4.00. The summed E-state index contributed by atoms with van der Waals surface area (Å²) in [6.45, 7) is 3.97. The molecule has 0 aliphatic heterocycles. The van der Waals surface area contributed by atoms with Gasteiger partial charge in [0.15, 0.2) is 16.6 Å². The summed E-state index contributed by atoms with van der Waals surface area (Å²) in [4.78, 5) is 12.1. The lowest BCUT2D eigenvalue weighted by atomic mass is 10.1. The number of thiocarbonyl (C=S) groups is 1. The van der Waals surface area contributed by atoms with E-state index < -0.39 is 0 Å². The quantitative estimate of drug-likeness (QED) is 0.618. The van der Waals surface area contributed by atoms with Crippen molar-refractivity contribution in [2.75, 3.05) is 19.5 Å². The van der Waals surface area contributed by atoms with E-state index in [-0.39, 0.29) is 11.0 Å². The van der Waals surface area contributed by atoms with Gasteiger partial charge in [-0.2, -0.15) is 0 Å². The van der Waals surface area contributed by atoms with Crippen molar-refractivity contribution >= 4 is 35.0 Å². The Morgan fingerprint density at radius 2 is 1.69 bits per heavy atom. The number of amides is 1. The summed E-state index contributed by atoms with van der Waals surface area (Å²) < 4.78 is 10.4. The van der Waals surface area contributed by atoms with Crippen LogP contribution in [0.1, 0.15) is 16.7 Å². The molecule has 2 aromatic rings. The highest BCUT2D eigenvalue weighted by molar-refractivity contribution is 7.80. The molecular formula is C20H22N2O3S. The predicted molar refractivity (Wildman–Crippen MR) is 109 cm³/mol. The second-order valence-corrected chi connectivity index (χ2v) is 6.07. The Balaban J connectivity index is 2.00. The number of carbonyl (C=O) groups is 1. The second kappa shape index (κ2) is 9.01. The highest BCUT2D eigenvalue weighted by Gasteiger charge is 2.07. The monoisotopic (exact) mass is 370 g/mol. The summed E-state index contributed by atoms with van der Waals surface area (Å²) in [6.07, 6.45) is 3.10. The van der Waals surface area contributed by atoms with Gasteiger partial charge in [-0.1, -0.05) is 24.3 Å². The van der Waals surface area contributed by atoms with Crippen LogP contribution in [-0.2, 0) is 4.79 Å². The molecule has 1 amide bonds. The van der Waals surface area contributed by atoms with Crippen molar-refractivity contribution in [2.24, 2.45) is 0 Å². The fourth-order valence-electron chi connectivity index (χ4n) is 2.44. The topological polar surface area (TPSA) is 59.6 Å². The van der Waals surface area contributed by atoms with E-state index >= 15 is 0 Å². The Bertz CT molecular complexity index is 827. The first kappa shape index (κ1) is 19.5. The summed E-state index contributed by atoms with van der Waals surface area (Å²) in [5.41, 5.74) is 3.83. The van der Waals surface area contributed by atoms with Gasteiger partial charge in [0.25, 0.3) is 0 Å². The first-order chi connectivity index (χ1) is 12.4. The molecule has 0 radical (unpaired) electrons. The maximum Gasteiger partial charge on any atom is 0.250 e. The molecule has 2 aromatic carbocycles. The number of hydrogen-bond donors (Lipinski definition) is 2. The molecule has 26 heavy (non-hydrogen) atoms. The second-order valence-electron chi connectivity index (χ2n) is 5.66. The van der Waals surface area contributed by atoms with E-state index in [1.807, 2.05) is 38.1 Å². The lowest BCUT2D eigenvalue weighted by molar-refractivity contribution is -0.115. The Morgan fingerprint density at radius 1 is 1.04 bits per heavy atom. The van der Waals surface area contributed by atoms with Crippen LogP contribution in [0.2, 0.25) is 0 Å². The zero-order valence-corrected chi connectivity index (χ0v) is 16.1. The molecule has 0 saturated carbocycles. The first-order valence-corrected chi connectivity index (χ1v) is 8.43. The van der Waals surface area contributed by atoms with Crippen LogP contribution in [0.5, 0.6) is 11.5 Å². The van der Waals surface area contributed by atoms with Crippen molar-refractivity contribution in [2.45, 2.75) is 13.8 Å². The molecule has 0 aromatic heterocycles. The minimum absolute atomic E-state index is 0.254. The van der Waals surface area contributed by atoms with E-state index in [2.05, 4.69) is 10.6 Å². The summed E-state index contributed by atoms with van der Waals surface area (Å²) in [5.74, 6) is 0.916. The smallest absolute Gasteiger partial charge is 0.250 e. The Morgan fingerprint density at radius 3 is 2.31 bits per heavy atom. The van der Waals surface area contributed by atoms with E-state index in [9.17, 15) is 4.79 Å². The third-order valence-electron chi connectivity index (χ3n) is 3.79. The summed E-state index contributed by atoms with van der Waals surface area (Å²) in [6, 6.07) is 11.3. The van der Waals surface area contributed by atoms with E-state index in [4.69, 9.17) is 21.7 Å². The van der Waals surface area contributed by atoms with Crippen LogP contribution in [0.25, 0.3) is 6.08 Å². The van der Waals surface area contributed by atoms with E-state index in [0.29, 0.717) is 11.5 Å². The fourth-order valence-corrected chi connectivity index (χ4v) is 2.64. The molecule has 136 valence electrons. The maximum absolute atomic E-state index is 12.1. The van der Waals surface area contributed by atoms with Crippen LogP contribution in [0.15, 0.2) is 42.5 Å². The molecular weight excluding hydrogens is 348 g/mol. The number of para-hydroxylation sites is 1. The normalized spacial score (nSPS) is 10.5. The molecule has 2 N–H and O–H groups in total. The van der Waals surface area contributed by atoms with Crippen LogP contribution < -0.4 is 20.1 Å². The van der Waals surface area contributed by atoms with Gasteiger partial charge in [0.2, 0.25) is 5.91 Å². The van der Waals surface area contributed by atoms with Gasteiger partial charge in [0, 0.05) is 11.8 Å². The van der Waals surface area contributed by atoms with Gasteiger partial charge in [-0.05, 0) is 61.0 Å². The van der Waals surface area contributed by atoms with Crippen LogP contribution >= 0.6 is 12.2 Å². The minimum Gasteiger partial charge on any atom is -0.493 e. The molecule has 0 bridgehead atoms. The zero-order valence-electron chi connectivity index (χ0n) is 15.3. The van der Waals surface area contributed by atoms with Crippen LogP contribution in [0, 0.1) is 13.8 Å². The predicted octanol–water partition coefficient (Wildman–Crippen LogP) is 3.85. The molecule has 0 heterocycles. The highest BCUT2D eigenvalue weighted by atomic mass is 32.1. The zero-order chi connectivity index (χ0) is 19.1. The number of rotatable bonds is 5. The average molecular weight is 370 g/mol. The van der Waals surface area contributed by atoms with Crippen molar-refractivity contribution in [3.8, 4) is 11.5 Å². The number of benzene rings is 2. The number of carbonyl (C=O) groups excluding carboxylic acids is 1. The summed E-state index contributed by atoms with van der Waals surface area (Å²) in [7, 11) is 3.14. The summed E-state index contributed by atoms with van der Waals surface area (Å²) >= 11 is 5.22. The molecule has 0 spiro atoms. The Labute approximate surface area is 159 Å². The lowest BCUT2D eigenvalue weighted by Crippen LogP contribution is -2.33. The molecule has 0 aliphatic carbocycles. The van der Waals surface area contributed by atoms with Gasteiger partial charge in [0.1, 0.15) is 0 Å². The molecule has 0 aliphatic rings. The van der Waals surface area contributed by atoms with Crippen LogP contribution in [0.4, 0.5) is 5.69 Å². The van der Waals surface area contributed by atoms with Gasteiger partial charge in [-0.25, -0.2) is 0 Å². The Kier molecular flexibility index (Phi) is 6.74. The number of methoxy groups -OCH3 is 2. The molecule has 0 atom stereocenters. The van der Waals surface area contributed by atoms with E-state index in [1.165, 1.54) is 6.08 Å². The van der Waals surface area contributed by atoms with Gasteiger partial charge >= 0.3 is 0 Å². The van der Waals surface area contributed by atoms with Crippen LogP contribution in [-0.4, -0.2) is 25.2 Å². The van der Waals surface area contributed by atoms with E-state index in [0.717, 1.165) is 22.4 Å².